The number of nitrogens with zero attached hydrogens (tertiary/aromatic N) is 4. The largest absolute Gasteiger partial charge is 0.483 e. The molecule has 2 aromatic rings. The van der Waals surface area contributed by atoms with Crippen LogP contribution in [-0.4, -0.2) is 84.4 Å². The second kappa shape index (κ2) is 11.6. The first-order valence-corrected chi connectivity index (χ1v) is 12.4. The van der Waals surface area contributed by atoms with Crippen molar-refractivity contribution in [1.82, 2.24) is 19.0 Å². The molecule has 4 rings (SSSR count). The molecule has 2 fully saturated rings. The first kappa shape index (κ1) is 24.4. The van der Waals surface area contributed by atoms with E-state index < -0.39 is 10.0 Å². The topological polar surface area (TPSA) is 105 Å². The summed E-state index contributed by atoms with van der Waals surface area (Å²) in [6.45, 7) is 4.24. The van der Waals surface area contributed by atoms with Crippen molar-refractivity contribution in [2.24, 2.45) is 7.05 Å². The lowest BCUT2D eigenvalue weighted by molar-refractivity contribution is -0.122. The molecule has 3 heterocycles. The van der Waals surface area contributed by atoms with Crippen LogP contribution in [0, 0.1) is 0 Å². The van der Waals surface area contributed by atoms with E-state index in [0.717, 1.165) is 37.3 Å². The van der Waals surface area contributed by atoms with Crippen LogP contribution in [0.1, 0.15) is 25.7 Å². The summed E-state index contributed by atoms with van der Waals surface area (Å²) in [7, 11) is -1.73. The molecule has 9 nitrogen and oxygen atoms in total. The number of benzene rings is 1. The lowest BCUT2D eigenvalue weighted by atomic mass is 10.1. The Hall–Kier alpha value is -2.27. The first-order valence-electron chi connectivity index (χ1n) is 11.0. The number of sulfonamides is 1. The number of rotatable bonds is 5. The standard InChI is InChI=1S/C21H30N4O3S.CH2O2/c1-23-21(9-10-22-23)18-7-5-8-20(15-18)29(26,27)25-13-6-14-28-19(17-25)16-24-11-3-2-4-12-24;2-1-3/h5,7-10,15,19H,2-4,6,11-14,16-17H2,1H3;1H,(H,2,3). The molecule has 0 aliphatic carbocycles. The Morgan fingerprint density at radius 2 is 1.91 bits per heavy atom. The van der Waals surface area contributed by atoms with Crippen LogP contribution < -0.4 is 0 Å². The second-order valence-corrected chi connectivity index (χ2v) is 9.98. The Morgan fingerprint density at radius 3 is 2.59 bits per heavy atom. The van der Waals surface area contributed by atoms with Gasteiger partial charge >= 0.3 is 0 Å². The van der Waals surface area contributed by atoms with Crippen LogP contribution in [0.3, 0.4) is 0 Å². The van der Waals surface area contributed by atoms with Crippen molar-refractivity contribution in [2.75, 3.05) is 39.3 Å². The maximum atomic E-state index is 13.4. The first-order chi connectivity index (χ1) is 15.5. The molecule has 0 saturated carbocycles. The number of hydrogen-bond donors (Lipinski definition) is 1. The van der Waals surface area contributed by atoms with Gasteiger partial charge in [0.1, 0.15) is 0 Å². The van der Waals surface area contributed by atoms with Crippen LogP contribution >= 0.6 is 0 Å². The van der Waals surface area contributed by atoms with Gasteiger partial charge < -0.3 is 14.7 Å². The van der Waals surface area contributed by atoms with Crippen molar-refractivity contribution < 1.29 is 23.1 Å². The van der Waals surface area contributed by atoms with Gasteiger partial charge in [-0.1, -0.05) is 18.6 Å². The third-order valence-electron chi connectivity index (χ3n) is 5.81. The predicted molar refractivity (Wildman–Crippen MR) is 121 cm³/mol. The third-order valence-corrected chi connectivity index (χ3v) is 7.67. The van der Waals surface area contributed by atoms with Gasteiger partial charge in [-0.2, -0.15) is 9.40 Å². The van der Waals surface area contributed by atoms with Gasteiger partial charge in [0.2, 0.25) is 10.0 Å². The van der Waals surface area contributed by atoms with Gasteiger partial charge in [-0.15, -0.1) is 0 Å². The third kappa shape index (κ3) is 6.16. The Morgan fingerprint density at radius 1 is 1.16 bits per heavy atom. The van der Waals surface area contributed by atoms with Gasteiger partial charge in [-0.05, 0) is 50.6 Å². The highest BCUT2D eigenvalue weighted by Crippen LogP contribution is 2.25. The van der Waals surface area contributed by atoms with Crippen molar-refractivity contribution in [2.45, 2.75) is 36.7 Å². The molecule has 0 radical (unpaired) electrons. The minimum atomic E-state index is -3.58. The Kier molecular flexibility index (Phi) is 8.80. The smallest absolute Gasteiger partial charge is 0.290 e. The van der Waals surface area contributed by atoms with E-state index in [1.807, 2.05) is 19.2 Å². The number of aryl methyl sites for hydroxylation is 1. The molecule has 1 aromatic carbocycles. The lowest BCUT2D eigenvalue weighted by Gasteiger charge is -2.31. The summed E-state index contributed by atoms with van der Waals surface area (Å²) in [5.74, 6) is 0. The van der Waals surface area contributed by atoms with E-state index in [9.17, 15) is 8.42 Å². The maximum absolute atomic E-state index is 13.4. The zero-order valence-corrected chi connectivity index (χ0v) is 19.3. The summed E-state index contributed by atoms with van der Waals surface area (Å²) in [6.07, 6.45) is 6.08. The number of aromatic nitrogens is 2. The highest BCUT2D eigenvalue weighted by atomic mass is 32.2. The van der Waals surface area contributed by atoms with E-state index in [0.29, 0.717) is 24.6 Å². The van der Waals surface area contributed by atoms with Crippen LogP contribution in [-0.2, 0) is 26.6 Å². The van der Waals surface area contributed by atoms with Gasteiger partial charge in [0.15, 0.2) is 0 Å². The van der Waals surface area contributed by atoms with E-state index in [1.54, 1.807) is 33.4 Å². The van der Waals surface area contributed by atoms with Crippen LogP contribution in [0.2, 0.25) is 0 Å². The van der Waals surface area contributed by atoms with Crippen LogP contribution in [0.5, 0.6) is 0 Å². The Labute approximate surface area is 189 Å². The fourth-order valence-corrected chi connectivity index (χ4v) is 5.80. The monoisotopic (exact) mass is 464 g/mol. The summed E-state index contributed by atoms with van der Waals surface area (Å²) in [4.78, 5) is 11.1. The van der Waals surface area contributed by atoms with E-state index in [-0.39, 0.29) is 12.6 Å². The molecule has 0 spiro atoms. The van der Waals surface area contributed by atoms with Crippen molar-refractivity contribution in [1.29, 1.82) is 0 Å². The quantitative estimate of drug-likeness (QED) is 0.675. The number of ether oxygens (including phenoxy) is 1. The molecule has 1 aromatic heterocycles. The molecular formula is C22H32N4O5S. The number of hydrogen-bond acceptors (Lipinski definition) is 6. The molecule has 0 bridgehead atoms. The van der Waals surface area contributed by atoms with Gasteiger partial charge in [0.05, 0.1) is 16.7 Å². The minimum absolute atomic E-state index is 0.0781. The van der Waals surface area contributed by atoms with Crippen LogP contribution in [0.25, 0.3) is 11.3 Å². The van der Waals surface area contributed by atoms with Gasteiger partial charge in [0.25, 0.3) is 6.47 Å². The zero-order valence-electron chi connectivity index (χ0n) is 18.5. The van der Waals surface area contributed by atoms with Crippen molar-refractivity contribution in [3.05, 3.63) is 36.5 Å². The fourth-order valence-electron chi connectivity index (χ4n) is 4.24. The van der Waals surface area contributed by atoms with Gasteiger partial charge in [-0.25, -0.2) is 8.42 Å². The molecule has 0 amide bonds. The van der Waals surface area contributed by atoms with Gasteiger partial charge in [-0.3, -0.25) is 9.48 Å². The summed E-state index contributed by atoms with van der Waals surface area (Å²) >= 11 is 0. The highest BCUT2D eigenvalue weighted by Gasteiger charge is 2.30. The fraction of sp³-hybridized carbons (Fsp3) is 0.545. The summed E-state index contributed by atoms with van der Waals surface area (Å²) in [5, 5.41) is 11.1. The predicted octanol–water partition coefficient (Wildman–Crippen LogP) is 2.05. The Balaban J connectivity index is 0.000000913. The van der Waals surface area contributed by atoms with Crippen LogP contribution in [0.4, 0.5) is 0 Å². The number of carboxylic acid groups (broad SMARTS) is 1. The Bertz CT molecular complexity index is 972. The molecular weight excluding hydrogens is 432 g/mol. The molecule has 2 aliphatic heterocycles. The molecule has 2 saturated heterocycles. The van der Waals surface area contributed by atoms with Crippen molar-refractivity contribution in [3.8, 4) is 11.3 Å². The molecule has 10 heteroatoms. The number of likely N-dealkylation sites (tertiary alicyclic amines) is 1. The van der Waals surface area contributed by atoms with E-state index in [2.05, 4.69) is 10.00 Å². The van der Waals surface area contributed by atoms with E-state index in [4.69, 9.17) is 14.6 Å². The number of piperidine rings is 1. The SMILES string of the molecule is Cn1nccc1-c1cccc(S(=O)(=O)N2CCCOC(CN3CCCCC3)C2)c1.O=CO. The normalized spacial score (nSPS) is 20.7. The molecule has 2 aliphatic rings. The molecule has 1 atom stereocenters. The van der Waals surface area contributed by atoms with E-state index in [1.165, 1.54) is 19.3 Å². The molecule has 1 unspecified atom stereocenters. The molecule has 1 N–H and O–H groups in total. The minimum Gasteiger partial charge on any atom is -0.483 e. The van der Waals surface area contributed by atoms with E-state index >= 15 is 0 Å². The summed E-state index contributed by atoms with van der Waals surface area (Å²) in [6, 6.07) is 9.04. The maximum Gasteiger partial charge on any atom is 0.290 e. The average molecular weight is 465 g/mol. The van der Waals surface area contributed by atoms with Crippen molar-refractivity contribution in [3.63, 3.8) is 0 Å². The highest BCUT2D eigenvalue weighted by molar-refractivity contribution is 7.89. The van der Waals surface area contributed by atoms with Crippen molar-refractivity contribution >= 4 is 16.5 Å². The van der Waals surface area contributed by atoms with Crippen LogP contribution in [0.15, 0.2) is 41.4 Å². The summed E-state index contributed by atoms with van der Waals surface area (Å²) in [5.41, 5.74) is 1.74. The molecule has 176 valence electrons. The number of carbonyl (C=O) groups is 1. The second-order valence-electron chi connectivity index (χ2n) is 8.04. The lowest BCUT2D eigenvalue weighted by Crippen LogP contribution is -2.43. The molecule has 32 heavy (non-hydrogen) atoms. The summed E-state index contributed by atoms with van der Waals surface area (Å²) < 4.78 is 36.2. The average Bonchev–Trinajstić information content (AvgIpc) is 3.08. The van der Waals surface area contributed by atoms with Gasteiger partial charge in [0, 0.05) is 45.0 Å². The zero-order chi connectivity index (χ0) is 23.0.